The quantitative estimate of drug-likeness (QED) is 0.643. The molecule has 1 rings (SSSR count). The Labute approximate surface area is 119 Å². The van der Waals surface area contributed by atoms with Gasteiger partial charge in [0.1, 0.15) is 5.54 Å². The van der Waals surface area contributed by atoms with Crippen LogP contribution in [0.3, 0.4) is 0 Å². The van der Waals surface area contributed by atoms with E-state index in [1.54, 1.807) is 25.6 Å². The molecule has 19 heavy (non-hydrogen) atoms. The van der Waals surface area contributed by atoms with Crippen LogP contribution in [0.25, 0.3) is 0 Å². The van der Waals surface area contributed by atoms with Gasteiger partial charge in [0.15, 0.2) is 0 Å². The molecule has 0 bridgehead atoms. The number of hydrogen-bond donors (Lipinski definition) is 1. The SMILES string of the molecule is CCOC(=O)C(C)(N)CC(C)Sc1ccc(C)cc1. The Bertz CT molecular complexity index is 415. The Balaban J connectivity index is 2.56. The third-order valence-corrected chi connectivity index (χ3v) is 3.92. The number of ether oxygens (including phenoxy) is 1. The van der Waals surface area contributed by atoms with E-state index in [1.807, 2.05) is 0 Å². The summed E-state index contributed by atoms with van der Waals surface area (Å²) in [6.45, 7) is 8.03. The van der Waals surface area contributed by atoms with Crippen molar-refractivity contribution in [1.29, 1.82) is 0 Å². The normalized spacial score (nSPS) is 15.6. The first-order valence-corrected chi connectivity index (χ1v) is 7.42. The monoisotopic (exact) mass is 281 g/mol. The third kappa shape index (κ3) is 5.25. The Kier molecular flexibility index (Phi) is 5.88. The maximum atomic E-state index is 11.7. The first kappa shape index (κ1) is 16.1. The summed E-state index contributed by atoms with van der Waals surface area (Å²) in [6.07, 6.45) is 0.588. The molecule has 0 aliphatic heterocycles. The second-order valence-corrected chi connectivity index (χ2v) is 6.60. The average Bonchev–Trinajstić information content (AvgIpc) is 2.31. The van der Waals surface area contributed by atoms with Crippen LogP contribution in [0.1, 0.15) is 32.8 Å². The summed E-state index contributed by atoms with van der Waals surface area (Å²) in [4.78, 5) is 12.9. The minimum atomic E-state index is -0.923. The van der Waals surface area contributed by atoms with Crippen LogP contribution in [0.5, 0.6) is 0 Å². The van der Waals surface area contributed by atoms with E-state index in [4.69, 9.17) is 10.5 Å². The molecule has 4 heteroatoms. The Morgan fingerprint density at radius 1 is 1.42 bits per heavy atom. The largest absolute Gasteiger partial charge is 0.465 e. The molecule has 2 unspecified atom stereocenters. The lowest BCUT2D eigenvalue weighted by Gasteiger charge is -2.25. The van der Waals surface area contributed by atoms with Crippen LogP contribution in [0.2, 0.25) is 0 Å². The molecule has 2 atom stereocenters. The van der Waals surface area contributed by atoms with Crippen LogP contribution in [-0.2, 0) is 9.53 Å². The van der Waals surface area contributed by atoms with Crippen molar-refractivity contribution >= 4 is 17.7 Å². The number of nitrogens with two attached hydrogens (primary N) is 1. The van der Waals surface area contributed by atoms with Crippen molar-refractivity contribution in [2.24, 2.45) is 5.73 Å². The molecule has 0 radical (unpaired) electrons. The molecule has 1 aromatic carbocycles. The van der Waals surface area contributed by atoms with E-state index < -0.39 is 5.54 Å². The van der Waals surface area contributed by atoms with E-state index in [2.05, 4.69) is 38.1 Å². The highest BCUT2D eigenvalue weighted by atomic mass is 32.2. The Morgan fingerprint density at radius 2 is 2.00 bits per heavy atom. The number of carbonyl (C=O) groups is 1. The molecule has 0 aliphatic carbocycles. The maximum absolute atomic E-state index is 11.7. The summed E-state index contributed by atoms with van der Waals surface area (Å²) in [5.74, 6) is -0.327. The van der Waals surface area contributed by atoms with E-state index in [0.717, 1.165) is 0 Å². The second kappa shape index (κ2) is 6.96. The van der Waals surface area contributed by atoms with Gasteiger partial charge in [0.25, 0.3) is 0 Å². The minimum Gasteiger partial charge on any atom is -0.465 e. The van der Waals surface area contributed by atoms with Crippen molar-refractivity contribution in [3.8, 4) is 0 Å². The predicted molar refractivity (Wildman–Crippen MR) is 80.3 cm³/mol. The third-order valence-electron chi connectivity index (χ3n) is 2.81. The smallest absolute Gasteiger partial charge is 0.325 e. The molecule has 106 valence electrons. The molecule has 0 aromatic heterocycles. The summed E-state index contributed by atoms with van der Waals surface area (Å²) < 4.78 is 5.00. The molecule has 2 N–H and O–H groups in total. The van der Waals surface area contributed by atoms with Gasteiger partial charge in [-0.15, -0.1) is 11.8 Å². The average molecular weight is 281 g/mol. The molecule has 0 spiro atoms. The van der Waals surface area contributed by atoms with E-state index in [-0.39, 0.29) is 11.2 Å². The summed E-state index contributed by atoms with van der Waals surface area (Å²) in [5.41, 5.74) is 6.36. The first-order valence-electron chi connectivity index (χ1n) is 6.54. The molecule has 0 saturated carbocycles. The lowest BCUT2D eigenvalue weighted by molar-refractivity contribution is -0.149. The standard InChI is InChI=1S/C15H23NO2S/c1-5-18-14(17)15(4,16)10-12(3)19-13-8-6-11(2)7-9-13/h6-9,12H,5,10,16H2,1-4H3. The molecule has 0 fully saturated rings. The van der Waals surface area contributed by atoms with Crippen molar-refractivity contribution in [2.45, 2.75) is 49.8 Å². The number of thioether (sulfide) groups is 1. The van der Waals surface area contributed by atoms with Gasteiger partial charge < -0.3 is 10.5 Å². The molecule has 0 amide bonds. The zero-order chi connectivity index (χ0) is 14.5. The van der Waals surface area contributed by atoms with Crippen molar-refractivity contribution in [3.05, 3.63) is 29.8 Å². The Morgan fingerprint density at radius 3 is 2.53 bits per heavy atom. The molecule has 1 aromatic rings. The number of aryl methyl sites for hydroxylation is 1. The summed E-state index contributed by atoms with van der Waals surface area (Å²) >= 11 is 1.73. The number of hydrogen-bond acceptors (Lipinski definition) is 4. The fraction of sp³-hybridized carbons (Fsp3) is 0.533. The number of rotatable bonds is 6. The van der Waals surface area contributed by atoms with Crippen LogP contribution in [0.4, 0.5) is 0 Å². The lowest BCUT2D eigenvalue weighted by atomic mass is 9.98. The van der Waals surface area contributed by atoms with Gasteiger partial charge in [-0.25, -0.2) is 0 Å². The zero-order valence-electron chi connectivity index (χ0n) is 12.1. The van der Waals surface area contributed by atoms with Crippen LogP contribution in [0.15, 0.2) is 29.2 Å². The summed E-state index contributed by atoms with van der Waals surface area (Å²) in [7, 11) is 0. The van der Waals surface area contributed by atoms with Crippen molar-refractivity contribution in [2.75, 3.05) is 6.61 Å². The van der Waals surface area contributed by atoms with E-state index in [9.17, 15) is 4.79 Å². The number of benzene rings is 1. The highest BCUT2D eigenvalue weighted by Gasteiger charge is 2.31. The topological polar surface area (TPSA) is 52.3 Å². The van der Waals surface area contributed by atoms with Gasteiger partial charge in [0.2, 0.25) is 0 Å². The molecular weight excluding hydrogens is 258 g/mol. The van der Waals surface area contributed by atoms with Crippen LogP contribution in [0, 0.1) is 6.92 Å². The summed E-state index contributed by atoms with van der Waals surface area (Å²) in [5, 5.41) is 0.252. The highest BCUT2D eigenvalue weighted by Crippen LogP contribution is 2.28. The van der Waals surface area contributed by atoms with Gasteiger partial charge in [-0.1, -0.05) is 24.6 Å². The zero-order valence-corrected chi connectivity index (χ0v) is 12.9. The fourth-order valence-electron chi connectivity index (χ4n) is 1.87. The van der Waals surface area contributed by atoms with Crippen molar-refractivity contribution < 1.29 is 9.53 Å². The molecule has 3 nitrogen and oxygen atoms in total. The van der Waals surface area contributed by atoms with E-state index in [1.165, 1.54) is 10.5 Å². The molecule has 0 heterocycles. The lowest BCUT2D eigenvalue weighted by Crippen LogP contribution is -2.47. The van der Waals surface area contributed by atoms with Gasteiger partial charge in [-0.2, -0.15) is 0 Å². The summed E-state index contributed by atoms with van der Waals surface area (Å²) in [6, 6.07) is 8.35. The minimum absolute atomic E-state index is 0.252. The highest BCUT2D eigenvalue weighted by molar-refractivity contribution is 7.99. The van der Waals surface area contributed by atoms with Crippen molar-refractivity contribution in [3.63, 3.8) is 0 Å². The van der Waals surface area contributed by atoms with Gasteiger partial charge in [0, 0.05) is 10.1 Å². The van der Waals surface area contributed by atoms with Crippen LogP contribution >= 0.6 is 11.8 Å². The predicted octanol–water partition coefficient (Wildman–Crippen LogP) is 3.15. The van der Waals surface area contributed by atoms with Gasteiger partial charge in [0.05, 0.1) is 6.61 Å². The molecule has 0 aliphatic rings. The van der Waals surface area contributed by atoms with Gasteiger partial charge in [-0.3, -0.25) is 4.79 Å². The van der Waals surface area contributed by atoms with Crippen LogP contribution < -0.4 is 5.73 Å². The fourth-order valence-corrected chi connectivity index (χ4v) is 3.05. The number of carbonyl (C=O) groups excluding carboxylic acids is 1. The van der Waals surface area contributed by atoms with Gasteiger partial charge in [-0.05, 0) is 39.3 Å². The Hall–Kier alpha value is -1.00. The second-order valence-electron chi connectivity index (χ2n) is 5.08. The number of esters is 1. The van der Waals surface area contributed by atoms with Gasteiger partial charge >= 0.3 is 5.97 Å². The first-order chi connectivity index (χ1) is 8.85. The van der Waals surface area contributed by atoms with E-state index >= 15 is 0 Å². The van der Waals surface area contributed by atoms with Crippen LogP contribution in [-0.4, -0.2) is 23.4 Å². The van der Waals surface area contributed by atoms with E-state index in [0.29, 0.717) is 13.0 Å². The molecular formula is C15H23NO2S. The van der Waals surface area contributed by atoms with Crippen molar-refractivity contribution in [1.82, 2.24) is 0 Å². The maximum Gasteiger partial charge on any atom is 0.325 e. The molecule has 0 saturated heterocycles.